The normalized spacial score (nSPS) is 17.5. The number of carbonyl (C=O) groups is 4. The lowest BCUT2D eigenvalue weighted by atomic mass is 10.0. The molecule has 1 aliphatic heterocycles. The van der Waals surface area contributed by atoms with Crippen LogP contribution in [0.4, 0.5) is 5.69 Å². The molecule has 0 radical (unpaired) electrons. The lowest BCUT2D eigenvalue weighted by molar-refractivity contribution is -0.146. The van der Waals surface area contributed by atoms with Crippen LogP contribution < -0.4 is 16.0 Å². The van der Waals surface area contributed by atoms with Gasteiger partial charge in [-0.1, -0.05) is 26.0 Å². The molecule has 0 bridgehead atoms. The van der Waals surface area contributed by atoms with Gasteiger partial charge in [-0.2, -0.15) is 0 Å². The summed E-state index contributed by atoms with van der Waals surface area (Å²) in [6.07, 6.45) is 0.0955. The summed E-state index contributed by atoms with van der Waals surface area (Å²) < 4.78 is 4.68. The molecule has 0 saturated heterocycles. The van der Waals surface area contributed by atoms with Gasteiger partial charge in [-0.15, -0.1) is 0 Å². The Hall–Kier alpha value is -2.90. The van der Waals surface area contributed by atoms with Gasteiger partial charge in [0.2, 0.25) is 11.8 Å². The summed E-state index contributed by atoms with van der Waals surface area (Å²) in [5, 5.41) is 7.92. The second-order valence-corrected chi connectivity index (χ2v) is 6.41. The molecule has 2 atom stereocenters. The van der Waals surface area contributed by atoms with Crippen LogP contribution in [0.5, 0.6) is 0 Å². The molecule has 0 aliphatic carbocycles. The molecule has 0 spiro atoms. The number of hydrogen-bond acceptors (Lipinski definition) is 5. The van der Waals surface area contributed by atoms with Crippen LogP contribution in [-0.4, -0.2) is 42.9 Å². The number of esters is 1. The maximum Gasteiger partial charge on any atom is 0.328 e. The first-order valence-electron chi connectivity index (χ1n) is 8.41. The van der Waals surface area contributed by atoms with Gasteiger partial charge in [-0.25, -0.2) is 4.79 Å². The Morgan fingerprint density at radius 1 is 1.23 bits per heavy atom. The summed E-state index contributed by atoms with van der Waals surface area (Å²) in [5.74, 6) is -1.81. The van der Waals surface area contributed by atoms with Gasteiger partial charge in [0.25, 0.3) is 5.91 Å². The smallest absolute Gasteiger partial charge is 0.328 e. The molecule has 26 heavy (non-hydrogen) atoms. The van der Waals surface area contributed by atoms with Gasteiger partial charge in [-0.3, -0.25) is 14.4 Å². The van der Waals surface area contributed by atoms with Crippen molar-refractivity contribution in [1.29, 1.82) is 0 Å². The summed E-state index contributed by atoms with van der Waals surface area (Å²) in [6.45, 7) is 3.58. The largest absolute Gasteiger partial charge is 0.467 e. The van der Waals surface area contributed by atoms with E-state index in [0.717, 1.165) is 0 Å². The molecule has 3 amide bonds. The summed E-state index contributed by atoms with van der Waals surface area (Å²) in [7, 11) is 1.26. The van der Waals surface area contributed by atoms with Crippen LogP contribution in [0.1, 0.15) is 37.0 Å². The molecule has 0 unspecified atom stereocenters. The first-order valence-corrected chi connectivity index (χ1v) is 8.41. The number of rotatable bonds is 6. The van der Waals surface area contributed by atoms with E-state index in [-0.39, 0.29) is 30.6 Å². The highest BCUT2D eigenvalue weighted by Gasteiger charge is 2.29. The van der Waals surface area contributed by atoms with Crippen molar-refractivity contribution in [3.63, 3.8) is 0 Å². The molecule has 1 heterocycles. The zero-order chi connectivity index (χ0) is 19.3. The Morgan fingerprint density at radius 3 is 2.58 bits per heavy atom. The highest BCUT2D eigenvalue weighted by molar-refractivity contribution is 6.09. The number of anilines is 1. The summed E-state index contributed by atoms with van der Waals surface area (Å²) in [6, 6.07) is 5.09. The van der Waals surface area contributed by atoms with Crippen LogP contribution in [0.3, 0.4) is 0 Å². The van der Waals surface area contributed by atoms with Crippen molar-refractivity contribution >= 4 is 29.4 Å². The molecule has 8 heteroatoms. The number of para-hydroxylation sites is 1. The fourth-order valence-electron chi connectivity index (χ4n) is 2.66. The van der Waals surface area contributed by atoms with Crippen LogP contribution in [0.25, 0.3) is 0 Å². The third-order valence-corrected chi connectivity index (χ3v) is 4.15. The fraction of sp³-hybridized carbons (Fsp3) is 0.444. The Bertz CT molecular complexity index is 717. The van der Waals surface area contributed by atoms with Gasteiger partial charge in [0.05, 0.1) is 18.4 Å². The first kappa shape index (κ1) is 19.4. The van der Waals surface area contributed by atoms with Crippen LogP contribution >= 0.6 is 0 Å². The van der Waals surface area contributed by atoms with Crippen molar-refractivity contribution in [2.75, 3.05) is 12.4 Å². The number of carbonyl (C=O) groups excluding carboxylic acids is 4. The van der Waals surface area contributed by atoms with Crippen molar-refractivity contribution < 1.29 is 23.9 Å². The standard InChI is InChI=1S/C18H23N3O5/c1-10(2)15(18(25)26-3)21-14(22)9-8-13-17(24)19-12-7-5-4-6-11(12)16(23)20-13/h4-7,10,13,15H,8-9H2,1-3H3,(H,19,24)(H,20,23)(H,21,22)/t13-,15-/m1/s1. The second-order valence-electron chi connectivity index (χ2n) is 6.41. The number of methoxy groups -OCH3 is 1. The average Bonchev–Trinajstić information content (AvgIpc) is 2.73. The number of ether oxygens (including phenoxy) is 1. The zero-order valence-corrected chi connectivity index (χ0v) is 15.0. The summed E-state index contributed by atoms with van der Waals surface area (Å²) >= 11 is 0. The molecule has 1 aromatic carbocycles. The van der Waals surface area contributed by atoms with Gasteiger partial charge in [0.1, 0.15) is 12.1 Å². The van der Waals surface area contributed by atoms with E-state index in [0.29, 0.717) is 11.3 Å². The molecule has 1 aromatic rings. The Labute approximate surface area is 151 Å². The van der Waals surface area contributed by atoms with E-state index in [2.05, 4.69) is 20.7 Å². The summed E-state index contributed by atoms with van der Waals surface area (Å²) in [4.78, 5) is 48.4. The maximum atomic E-state index is 12.3. The SMILES string of the molecule is COC(=O)[C@H](NC(=O)CC[C@H]1NC(=O)c2ccccc2NC1=O)C(C)C. The van der Waals surface area contributed by atoms with Crippen LogP contribution in [0.15, 0.2) is 24.3 Å². The van der Waals surface area contributed by atoms with Gasteiger partial charge >= 0.3 is 5.97 Å². The van der Waals surface area contributed by atoms with Crippen molar-refractivity contribution in [2.45, 2.75) is 38.8 Å². The number of fused-ring (bicyclic) bond motifs is 1. The molecule has 2 rings (SSSR count). The lowest BCUT2D eigenvalue weighted by Gasteiger charge is -2.20. The first-order chi connectivity index (χ1) is 12.3. The van der Waals surface area contributed by atoms with Gasteiger partial charge in [0, 0.05) is 6.42 Å². The van der Waals surface area contributed by atoms with Crippen LogP contribution in [0.2, 0.25) is 0 Å². The van der Waals surface area contributed by atoms with E-state index in [1.165, 1.54) is 7.11 Å². The molecule has 0 saturated carbocycles. The Kier molecular flexibility index (Phi) is 6.32. The second kappa shape index (κ2) is 8.46. The van der Waals surface area contributed by atoms with Gasteiger partial charge in [0.15, 0.2) is 0 Å². The molecular formula is C18H23N3O5. The zero-order valence-electron chi connectivity index (χ0n) is 15.0. The minimum Gasteiger partial charge on any atom is -0.467 e. The van der Waals surface area contributed by atoms with Crippen LogP contribution in [0, 0.1) is 5.92 Å². The number of nitrogens with one attached hydrogen (secondary N) is 3. The minimum atomic E-state index is -0.837. The Balaban J connectivity index is 1.97. The maximum absolute atomic E-state index is 12.3. The van der Waals surface area contributed by atoms with Crippen molar-refractivity contribution in [3.05, 3.63) is 29.8 Å². The van der Waals surface area contributed by atoms with Gasteiger partial charge < -0.3 is 20.7 Å². The number of benzene rings is 1. The average molecular weight is 361 g/mol. The quantitative estimate of drug-likeness (QED) is 0.650. The lowest BCUT2D eigenvalue weighted by Crippen LogP contribution is -2.46. The summed E-state index contributed by atoms with van der Waals surface area (Å²) in [5.41, 5.74) is 0.811. The van der Waals surface area contributed by atoms with Crippen molar-refractivity contribution in [3.8, 4) is 0 Å². The van der Waals surface area contributed by atoms with E-state index < -0.39 is 24.0 Å². The molecule has 1 aliphatic rings. The molecule has 0 aromatic heterocycles. The molecule has 140 valence electrons. The number of amides is 3. The van der Waals surface area contributed by atoms with E-state index in [1.807, 2.05) is 0 Å². The molecule has 8 nitrogen and oxygen atoms in total. The predicted molar refractivity (Wildman–Crippen MR) is 94.3 cm³/mol. The Morgan fingerprint density at radius 2 is 1.92 bits per heavy atom. The van der Waals surface area contributed by atoms with Crippen molar-refractivity contribution in [2.24, 2.45) is 5.92 Å². The third kappa shape index (κ3) is 4.59. The predicted octanol–water partition coefficient (Wildman–Crippen LogP) is 0.831. The topological polar surface area (TPSA) is 114 Å². The number of hydrogen-bond donors (Lipinski definition) is 3. The highest BCUT2D eigenvalue weighted by atomic mass is 16.5. The van der Waals surface area contributed by atoms with Gasteiger partial charge in [-0.05, 0) is 24.5 Å². The molecule has 0 fully saturated rings. The third-order valence-electron chi connectivity index (χ3n) is 4.15. The monoisotopic (exact) mass is 361 g/mol. The van der Waals surface area contributed by atoms with E-state index in [9.17, 15) is 19.2 Å². The van der Waals surface area contributed by atoms with E-state index in [1.54, 1.807) is 38.1 Å². The fourth-order valence-corrected chi connectivity index (χ4v) is 2.66. The van der Waals surface area contributed by atoms with E-state index in [4.69, 9.17) is 0 Å². The van der Waals surface area contributed by atoms with Crippen LogP contribution in [-0.2, 0) is 19.1 Å². The molecular weight excluding hydrogens is 338 g/mol. The van der Waals surface area contributed by atoms with Crippen molar-refractivity contribution in [1.82, 2.24) is 10.6 Å². The molecule has 3 N–H and O–H groups in total. The highest BCUT2D eigenvalue weighted by Crippen LogP contribution is 2.19. The van der Waals surface area contributed by atoms with E-state index >= 15 is 0 Å². The minimum absolute atomic E-state index is 0.0189.